The van der Waals surface area contributed by atoms with Crippen molar-refractivity contribution in [1.82, 2.24) is 10.2 Å². The van der Waals surface area contributed by atoms with Gasteiger partial charge >= 0.3 is 0 Å². The Balaban J connectivity index is 2.23. The quantitative estimate of drug-likeness (QED) is 0.529. The third-order valence-corrected chi connectivity index (χ3v) is 3.06. The molecular weight excluding hydrogens is 238 g/mol. The summed E-state index contributed by atoms with van der Waals surface area (Å²) in [7, 11) is 0. The highest BCUT2D eigenvalue weighted by Gasteiger charge is 2.29. The van der Waals surface area contributed by atoms with Crippen LogP contribution in [0.3, 0.4) is 0 Å². The van der Waals surface area contributed by atoms with Gasteiger partial charge in [0.2, 0.25) is 5.91 Å². The molecule has 0 aliphatic carbocycles. The normalized spacial score (nSPS) is 16.6. The van der Waals surface area contributed by atoms with Crippen LogP contribution in [0.1, 0.15) is 26.7 Å². The second-order valence-electron chi connectivity index (χ2n) is 5.19. The van der Waals surface area contributed by atoms with E-state index in [2.05, 4.69) is 15.1 Å². The molecule has 1 aliphatic heterocycles. The third kappa shape index (κ3) is 4.87. The number of rotatable bonds is 7. The molecule has 0 atom stereocenters. The minimum atomic E-state index is -0.891. The molecule has 1 heterocycles. The third-order valence-electron chi connectivity index (χ3n) is 3.06. The Bertz CT molecular complexity index is 301. The summed E-state index contributed by atoms with van der Waals surface area (Å²) in [6.07, 6.45) is 2.44. The van der Waals surface area contributed by atoms with Crippen molar-refractivity contribution in [1.29, 1.82) is 0 Å². The first-order valence-electron chi connectivity index (χ1n) is 6.20. The molecule has 1 fully saturated rings. The van der Waals surface area contributed by atoms with Crippen LogP contribution in [0.5, 0.6) is 0 Å². The summed E-state index contributed by atoms with van der Waals surface area (Å²) in [5.41, 5.74) is -0.891. The zero-order valence-corrected chi connectivity index (χ0v) is 11.0. The Kier molecular flexibility index (Phi) is 5.33. The molecule has 7 nitrogen and oxygen atoms in total. The van der Waals surface area contributed by atoms with Crippen LogP contribution in [-0.2, 0) is 9.63 Å². The Morgan fingerprint density at radius 1 is 1.44 bits per heavy atom. The van der Waals surface area contributed by atoms with Crippen LogP contribution < -0.4 is 5.32 Å². The van der Waals surface area contributed by atoms with Crippen LogP contribution in [0, 0.1) is 15.5 Å². The van der Waals surface area contributed by atoms with Gasteiger partial charge in [0.25, 0.3) is 5.09 Å². The van der Waals surface area contributed by atoms with E-state index in [-0.39, 0.29) is 12.5 Å². The second-order valence-corrected chi connectivity index (χ2v) is 5.19. The van der Waals surface area contributed by atoms with Gasteiger partial charge in [-0.1, -0.05) is 0 Å². The zero-order valence-electron chi connectivity index (χ0n) is 11.0. The number of amides is 1. The number of likely N-dealkylation sites (tertiary alicyclic amines) is 1. The van der Waals surface area contributed by atoms with E-state index in [1.165, 1.54) is 12.8 Å². The zero-order chi connectivity index (χ0) is 13.6. The lowest BCUT2D eigenvalue weighted by Crippen LogP contribution is -2.43. The Hall–Kier alpha value is -1.37. The summed E-state index contributed by atoms with van der Waals surface area (Å²) in [6, 6.07) is 0. The molecule has 0 saturated carbocycles. The van der Waals surface area contributed by atoms with Crippen LogP contribution in [0.4, 0.5) is 0 Å². The maximum absolute atomic E-state index is 11.8. The number of nitrogens with zero attached hydrogens (tertiary/aromatic N) is 2. The molecule has 0 aromatic rings. The Labute approximate surface area is 107 Å². The van der Waals surface area contributed by atoms with Gasteiger partial charge in [0, 0.05) is 13.1 Å². The molecule has 1 saturated heterocycles. The first kappa shape index (κ1) is 14.7. The predicted octanol–water partition coefficient (Wildman–Crippen LogP) is 0.433. The van der Waals surface area contributed by atoms with Gasteiger partial charge in [-0.3, -0.25) is 4.79 Å². The molecule has 18 heavy (non-hydrogen) atoms. The molecule has 0 bridgehead atoms. The summed E-state index contributed by atoms with van der Waals surface area (Å²) >= 11 is 0. The molecule has 1 N–H and O–H groups in total. The largest absolute Gasteiger partial charge is 0.354 e. The fraction of sp³-hybridized carbons (Fsp3) is 0.909. The highest BCUT2D eigenvalue weighted by atomic mass is 16.9. The first-order valence-corrected chi connectivity index (χ1v) is 6.20. The van der Waals surface area contributed by atoms with Gasteiger partial charge in [0.05, 0.1) is 5.41 Å². The molecule has 0 aromatic carbocycles. The molecule has 0 aromatic heterocycles. The van der Waals surface area contributed by atoms with Crippen molar-refractivity contribution in [3.63, 3.8) is 0 Å². The second kappa shape index (κ2) is 6.53. The van der Waals surface area contributed by atoms with Crippen LogP contribution in [-0.4, -0.2) is 48.7 Å². The van der Waals surface area contributed by atoms with Crippen LogP contribution in [0.25, 0.3) is 0 Å². The predicted molar refractivity (Wildman–Crippen MR) is 65.4 cm³/mol. The molecular formula is C11H21N3O4. The lowest BCUT2D eigenvalue weighted by Gasteiger charge is -2.23. The fourth-order valence-electron chi connectivity index (χ4n) is 1.85. The molecule has 104 valence electrons. The van der Waals surface area contributed by atoms with Crippen molar-refractivity contribution in [2.24, 2.45) is 5.41 Å². The minimum Gasteiger partial charge on any atom is -0.354 e. The van der Waals surface area contributed by atoms with Gasteiger partial charge < -0.3 is 15.1 Å². The summed E-state index contributed by atoms with van der Waals surface area (Å²) in [4.78, 5) is 28.5. The fourth-order valence-corrected chi connectivity index (χ4v) is 1.85. The average molecular weight is 259 g/mol. The van der Waals surface area contributed by atoms with E-state index < -0.39 is 10.5 Å². The molecule has 1 amide bonds. The summed E-state index contributed by atoms with van der Waals surface area (Å²) < 4.78 is 0. The van der Waals surface area contributed by atoms with Crippen molar-refractivity contribution in [2.45, 2.75) is 26.7 Å². The molecule has 1 aliphatic rings. The molecule has 1 rings (SSSR count). The topological polar surface area (TPSA) is 84.7 Å². The van der Waals surface area contributed by atoms with Gasteiger partial charge in [-0.05, 0) is 39.8 Å². The van der Waals surface area contributed by atoms with Crippen molar-refractivity contribution < 1.29 is 14.7 Å². The molecule has 7 heteroatoms. The lowest BCUT2D eigenvalue weighted by atomic mass is 9.94. The smallest absolute Gasteiger partial charge is 0.294 e. The highest BCUT2D eigenvalue weighted by molar-refractivity contribution is 5.81. The summed E-state index contributed by atoms with van der Waals surface area (Å²) in [6.45, 7) is 6.60. The van der Waals surface area contributed by atoms with E-state index in [1.807, 2.05) is 0 Å². The Morgan fingerprint density at radius 3 is 2.61 bits per heavy atom. The number of hydrogen-bond donors (Lipinski definition) is 1. The molecule has 0 unspecified atom stereocenters. The van der Waals surface area contributed by atoms with E-state index >= 15 is 0 Å². The van der Waals surface area contributed by atoms with E-state index in [0.717, 1.165) is 19.6 Å². The average Bonchev–Trinajstić information content (AvgIpc) is 2.79. The van der Waals surface area contributed by atoms with E-state index in [4.69, 9.17) is 0 Å². The van der Waals surface area contributed by atoms with Gasteiger partial charge in [-0.25, -0.2) is 0 Å². The lowest BCUT2D eigenvalue weighted by molar-refractivity contribution is -0.760. The number of nitrogens with one attached hydrogen (secondary N) is 1. The van der Waals surface area contributed by atoms with Gasteiger partial charge in [-0.15, -0.1) is 10.1 Å². The van der Waals surface area contributed by atoms with E-state index in [0.29, 0.717) is 6.54 Å². The summed E-state index contributed by atoms with van der Waals surface area (Å²) in [5.74, 6) is -0.219. The number of carbonyl (C=O) groups excluding carboxylic acids is 1. The van der Waals surface area contributed by atoms with Crippen molar-refractivity contribution in [2.75, 3.05) is 32.8 Å². The number of carbonyl (C=O) groups is 1. The first-order chi connectivity index (χ1) is 8.42. The van der Waals surface area contributed by atoms with Crippen molar-refractivity contribution in [3.8, 4) is 0 Å². The van der Waals surface area contributed by atoms with Gasteiger partial charge in [0.1, 0.15) is 6.61 Å². The van der Waals surface area contributed by atoms with Crippen molar-refractivity contribution >= 4 is 5.91 Å². The highest BCUT2D eigenvalue weighted by Crippen LogP contribution is 2.15. The minimum absolute atomic E-state index is 0.219. The van der Waals surface area contributed by atoms with E-state index in [9.17, 15) is 14.9 Å². The maximum atomic E-state index is 11.8. The standard InChI is InChI=1S/C11H21N3O4/c1-11(2,9-18-14(16)17)10(15)12-5-8-13-6-3-4-7-13/h3-9H2,1-2H3,(H,12,15). The van der Waals surface area contributed by atoms with Crippen LogP contribution >= 0.6 is 0 Å². The maximum Gasteiger partial charge on any atom is 0.294 e. The van der Waals surface area contributed by atoms with Crippen LogP contribution in [0.15, 0.2) is 0 Å². The molecule has 0 radical (unpaired) electrons. The van der Waals surface area contributed by atoms with Crippen LogP contribution in [0.2, 0.25) is 0 Å². The van der Waals surface area contributed by atoms with E-state index in [1.54, 1.807) is 13.8 Å². The van der Waals surface area contributed by atoms with Crippen molar-refractivity contribution in [3.05, 3.63) is 10.1 Å². The SMILES string of the molecule is CC(C)(CO[N+](=O)[O-])C(=O)NCCN1CCCC1. The van der Waals surface area contributed by atoms with Gasteiger partial charge in [0.15, 0.2) is 0 Å². The number of hydrogen-bond acceptors (Lipinski definition) is 5. The van der Waals surface area contributed by atoms with Gasteiger partial charge in [-0.2, -0.15) is 0 Å². The molecule has 0 spiro atoms. The summed E-state index contributed by atoms with van der Waals surface area (Å²) in [5, 5.41) is 12.0. The monoisotopic (exact) mass is 259 g/mol. The Morgan fingerprint density at radius 2 is 2.06 bits per heavy atom.